The standard InChI is InChI=1S/C15H16ClN5/c1-21(2)14(11-3-5-12(16)6-4-11)10-20-15-13(9-17)18-7-8-19-15/h3-8,14H,10H2,1-2H3,(H,19,20)/t14-/m0/s1. The molecule has 0 amide bonds. The first-order valence-electron chi connectivity index (χ1n) is 6.48. The van der Waals surface area contributed by atoms with Crippen molar-refractivity contribution in [2.45, 2.75) is 6.04 Å². The van der Waals surface area contributed by atoms with Crippen molar-refractivity contribution in [2.24, 2.45) is 0 Å². The number of aromatic nitrogens is 2. The van der Waals surface area contributed by atoms with Crippen LogP contribution in [-0.2, 0) is 0 Å². The smallest absolute Gasteiger partial charge is 0.182 e. The van der Waals surface area contributed by atoms with Crippen molar-refractivity contribution in [2.75, 3.05) is 26.0 Å². The van der Waals surface area contributed by atoms with Gasteiger partial charge >= 0.3 is 0 Å². The van der Waals surface area contributed by atoms with Gasteiger partial charge in [0.25, 0.3) is 0 Å². The molecule has 0 radical (unpaired) electrons. The summed E-state index contributed by atoms with van der Waals surface area (Å²) in [6, 6.07) is 9.90. The third-order valence-corrected chi connectivity index (χ3v) is 3.40. The average molecular weight is 302 g/mol. The summed E-state index contributed by atoms with van der Waals surface area (Å²) >= 11 is 5.92. The van der Waals surface area contributed by atoms with Crippen LogP contribution in [0.5, 0.6) is 0 Å². The maximum Gasteiger partial charge on any atom is 0.182 e. The number of anilines is 1. The maximum atomic E-state index is 9.02. The lowest BCUT2D eigenvalue weighted by Crippen LogP contribution is -2.27. The van der Waals surface area contributed by atoms with E-state index in [4.69, 9.17) is 16.9 Å². The zero-order valence-electron chi connectivity index (χ0n) is 11.9. The summed E-state index contributed by atoms with van der Waals surface area (Å²) in [5.41, 5.74) is 1.44. The van der Waals surface area contributed by atoms with E-state index in [2.05, 4.69) is 20.2 Å². The molecule has 0 aliphatic carbocycles. The van der Waals surface area contributed by atoms with Crippen LogP contribution in [0.15, 0.2) is 36.7 Å². The van der Waals surface area contributed by atoms with Crippen molar-refractivity contribution in [3.63, 3.8) is 0 Å². The van der Waals surface area contributed by atoms with Gasteiger partial charge in [0, 0.05) is 24.0 Å². The van der Waals surface area contributed by atoms with E-state index in [-0.39, 0.29) is 6.04 Å². The van der Waals surface area contributed by atoms with Gasteiger partial charge in [-0.1, -0.05) is 23.7 Å². The number of benzene rings is 1. The summed E-state index contributed by atoms with van der Waals surface area (Å²) in [4.78, 5) is 10.2. The lowest BCUT2D eigenvalue weighted by Gasteiger charge is -2.25. The number of halogens is 1. The molecule has 0 aliphatic heterocycles. The predicted octanol–water partition coefficient (Wildman–Crippen LogP) is 2.72. The van der Waals surface area contributed by atoms with E-state index in [1.807, 2.05) is 44.4 Å². The molecule has 2 rings (SSSR count). The Labute approximate surface area is 129 Å². The van der Waals surface area contributed by atoms with E-state index >= 15 is 0 Å². The second-order valence-electron chi connectivity index (χ2n) is 4.78. The molecule has 1 aromatic carbocycles. The van der Waals surface area contributed by atoms with Gasteiger partial charge in [0.05, 0.1) is 6.04 Å². The van der Waals surface area contributed by atoms with Gasteiger partial charge in [0.15, 0.2) is 11.5 Å². The molecule has 0 saturated heterocycles. The van der Waals surface area contributed by atoms with Gasteiger partial charge in [-0.2, -0.15) is 5.26 Å². The van der Waals surface area contributed by atoms with E-state index in [1.165, 1.54) is 6.20 Å². The van der Waals surface area contributed by atoms with E-state index in [0.29, 0.717) is 23.1 Å². The molecule has 0 unspecified atom stereocenters. The zero-order valence-corrected chi connectivity index (χ0v) is 12.7. The molecular formula is C15H16ClN5. The number of nitrogens with one attached hydrogen (secondary N) is 1. The molecule has 0 bridgehead atoms. The molecule has 0 fully saturated rings. The van der Waals surface area contributed by atoms with E-state index in [1.54, 1.807) is 6.20 Å². The molecule has 2 aromatic rings. The van der Waals surface area contributed by atoms with Gasteiger partial charge in [-0.05, 0) is 31.8 Å². The summed E-state index contributed by atoms with van der Waals surface area (Å²) < 4.78 is 0. The molecule has 1 atom stereocenters. The van der Waals surface area contributed by atoms with Gasteiger partial charge in [-0.15, -0.1) is 0 Å². The third kappa shape index (κ3) is 3.91. The fourth-order valence-electron chi connectivity index (χ4n) is 2.03. The van der Waals surface area contributed by atoms with Gasteiger partial charge in [-0.25, -0.2) is 9.97 Å². The number of rotatable bonds is 5. The molecule has 6 heteroatoms. The Balaban J connectivity index is 2.14. The number of hydrogen-bond acceptors (Lipinski definition) is 5. The molecule has 5 nitrogen and oxygen atoms in total. The molecule has 108 valence electrons. The number of nitriles is 1. The Morgan fingerprint density at radius 2 is 1.90 bits per heavy atom. The number of hydrogen-bond donors (Lipinski definition) is 1. The Kier molecular flexibility index (Phi) is 5.09. The molecular weight excluding hydrogens is 286 g/mol. The van der Waals surface area contributed by atoms with Crippen molar-refractivity contribution in [1.29, 1.82) is 5.26 Å². The molecule has 0 spiro atoms. The third-order valence-electron chi connectivity index (χ3n) is 3.15. The molecule has 21 heavy (non-hydrogen) atoms. The van der Waals surface area contributed by atoms with Gasteiger partial charge < -0.3 is 10.2 Å². The van der Waals surface area contributed by atoms with Gasteiger partial charge in [0.2, 0.25) is 0 Å². The lowest BCUT2D eigenvalue weighted by atomic mass is 10.1. The van der Waals surface area contributed by atoms with Crippen LogP contribution in [0.2, 0.25) is 5.02 Å². The van der Waals surface area contributed by atoms with Crippen LogP contribution < -0.4 is 5.32 Å². The highest BCUT2D eigenvalue weighted by Gasteiger charge is 2.15. The van der Waals surface area contributed by atoms with E-state index in [9.17, 15) is 0 Å². The van der Waals surface area contributed by atoms with Crippen molar-refractivity contribution in [3.8, 4) is 6.07 Å². The van der Waals surface area contributed by atoms with Crippen molar-refractivity contribution >= 4 is 17.4 Å². The SMILES string of the molecule is CN(C)[C@@H](CNc1nccnc1C#N)c1ccc(Cl)cc1. The van der Waals surface area contributed by atoms with Gasteiger partial charge in [0.1, 0.15) is 6.07 Å². The summed E-state index contributed by atoms with van der Waals surface area (Å²) in [6.07, 6.45) is 3.07. The minimum Gasteiger partial charge on any atom is -0.366 e. The van der Waals surface area contributed by atoms with Crippen LogP contribution >= 0.6 is 11.6 Å². The van der Waals surface area contributed by atoms with Crippen LogP contribution in [0.3, 0.4) is 0 Å². The Bertz CT molecular complexity index is 633. The van der Waals surface area contributed by atoms with E-state index < -0.39 is 0 Å². The normalized spacial score (nSPS) is 12.0. The summed E-state index contributed by atoms with van der Waals surface area (Å²) in [7, 11) is 4.01. The Morgan fingerprint density at radius 1 is 1.24 bits per heavy atom. The minimum absolute atomic E-state index is 0.135. The largest absolute Gasteiger partial charge is 0.366 e. The van der Waals surface area contributed by atoms with Crippen LogP contribution in [0.4, 0.5) is 5.82 Å². The van der Waals surface area contributed by atoms with Crippen LogP contribution in [-0.4, -0.2) is 35.5 Å². The highest BCUT2D eigenvalue weighted by atomic mass is 35.5. The lowest BCUT2D eigenvalue weighted by molar-refractivity contribution is 0.311. The maximum absolute atomic E-state index is 9.02. The quantitative estimate of drug-likeness (QED) is 0.920. The molecule has 0 aliphatic rings. The van der Waals surface area contributed by atoms with Crippen LogP contribution in [0.1, 0.15) is 17.3 Å². The first-order valence-corrected chi connectivity index (χ1v) is 6.86. The molecule has 1 aromatic heterocycles. The van der Waals surface area contributed by atoms with Crippen molar-refractivity contribution in [1.82, 2.24) is 14.9 Å². The summed E-state index contributed by atoms with van der Waals surface area (Å²) in [6.45, 7) is 0.613. The predicted molar refractivity (Wildman–Crippen MR) is 83.1 cm³/mol. The number of nitrogens with zero attached hydrogens (tertiary/aromatic N) is 4. The molecule has 1 heterocycles. The fourth-order valence-corrected chi connectivity index (χ4v) is 2.15. The Morgan fingerprint density at radius 3 is 2.52 bits per heavy atom. The minimum atomic E-state index is 0.135. The van der Waals surface area contributed by atoms with Crippen molar-refractivity contribution < 1.29 is 0 Å². The zero-order chi connectivity index (χ0) is 15.2. The molecule has 1 N–H and O–H groups in total. The summed E-state index contributed by atoms with van der Waals surface area (Å²) in [5.74, 6) is 0.501. The van der Waals surface area contributed by atoms with Gasteiger partial charge in [-0.3, -0.25) is 0 Å². The second kappa shape index (κ2) is 7.02. The average Bonchev–Trinajstić information content (AvgIpc) is 2.49. The topological polar surface area (TPSA) is 64.8 Å². The highest BCUT2D eigenvalue weighted by molar-refractivity contribution is 6.30. The first-order chi connectivity index (χ1) is 10.1. The Hall–Kier alpha value is -2.16. The van der Waals surface area contributed by atoms with Crippen molar-refractivity contribution in [3.05, 3.63) is 52.9 Å². The highest BCUT2D eigenvalue weighted by Crippen LogP contribution is 2.21. The summed E-state index contributed by atoms with van der Waals surface area (Å²) in [5, 5.41) is 12.9. The second-order valence-corrected chi connectivity index (χ2v) is 5.21. The fraction of sp³-hybridized carbons (Fsp3) is 0.267. The number of likely N-dealkylation sites (N-methyl/N-ethyl adjacent to an activating group) is 1. The van der Waals surface area contributed by atoms with Crippen LogP contribution in [0.25, 0.3) is 0 Å². The van der Waals surface area contributed by atoms with Crippen LogP contribution in [0, 0.1) is 11.3 Å². The monoisotopic (exact) mass is 301 g/mol. The first kappa shape index (κ1) is 15.2. The molecule has 0 saturated carbocycles. The van der Waals surface area contributed by atoms with E-state index in [0.717, 1.165) is 5.56 Å².